The summed E-state index contributed by atoms with van der Waals surface area (Å²) in [6.45, 7) is 8.38. The van der Waals surface area contributed by atoms with E-state index in [-0.39, 0.29) is 11.5 Å². The van der Waals surface area contributed by atoms with Crippen molar-refractivity contribution >= 4 is 17.4 Å². The van der Waals surface area contributed by atoms with Crippen molar-refractivity contribution in [2.45, 2.75) is 45.6 Å². The maximum atomic E-state index is 6.11. The third kappa shape index (κ3) is 4.71. The summed E-state index contributed by atoms with van der Waals surface area (Å²) >= 11 is 6.11. The van der Waals surface area contributed by atoms with Crippen molar-refractivity contribution in [1.82, 2.24) is 9.97 Å². The van der Waals surface area contributed by atoms with E-state index >= 15 is 0 Å². The molecule has 3 nitrogen and oxygen atoms in total. The number of halogens is 1. The Labute approximate surface area is 131 Å². The first kappa shape index (κ1) is 15.8. The number of hydrogen-bond donors (Lipinski definition) is 1. The second-order valence-corrected chi connectivity index (χ2v) is 6.77. The zero-order valence-electron chi connectivity index (χ0n) is 13.0. The summed E-state index contributed by atoms with van der Waals surface area (Å²) in [6, 6.07) is 12.4. The largest absolute Gasteiger partial charge is 0.367 e. The van der Waals surface area contributed by atoms with E-state index in [1.165, 1.54) is 5.56 Å². The summed E-state index contributed by atoms with van der Waals surface area (Å²) in [6.07, 6.45) is 0.938. The highest BCUT2D eigenvalue weighted by Crippen LogP contribution is 2.22. The van der Waals surface area contributed by atoms with E-state index in [4.69, 9.17) is 11.6 Å². The molecule has 112 valence electrons. The zero-order chi connectivity index (χ0) is 15.5. The van der Waals surface area contributed by atoms with Crippen LogP contribution in [0.25, 0.3) is 0 Å². The highest BCUT2D eigenvalue weighted by atomic mass is 35.5. The lowest BCUT2D eigenvalue weighted by Gasteiger charge is -2.20. The van der Waals surface area contributed by atoms with Crippen LogP contribution >= 0.6 is 11.6 Å². The Kier molecular flexibility index (Phi) is 4.84. The van der Waals surface area contributed by atoms with Crippen LogP contribution in [-0.4, -0.2) is 16.0 Å². The number of hydrogen-bond acceptors (Lipinski definition) is 3. The molecule has 2 rings (SSSR count). The Morgan fingerprint density at radius 3 is 2.43 bits per heavy atom. The monoisotopic (exact) mass is 303 g/mol. The second kappa shape index (κ2) is 6.44. The molecule has 1 heterocycles. The van der Waals surface area contributed by atoms with E-state index in [0.717, 1.165) is 18.1 Å². The van der Waals surface area contributed by atoms with Crippen LogP contribution in [0.15, 0.2) is 36.4 Å². The first-order valence-corrected chi connectivity index (χ1v) is 7.58. The Morgan fingerprint density at radius 1 is 1.14 bits per heavy atom. The predicted octanol–water partition coefficient (Wildman–Crippen LogP) is 4.47. The number of nitrogens with one attached hydrogen (secondary N) is 1. The summed E-state index contributed by atoms with van der Waals surface area (Å²) in [5, 5.41) is 3.88. The van der Waals surface area contributed by atoms with Crippen molar-refractivity contribution in [3.63, 3.8) is 0 Å². The predicted molar refractivity (Wildman–Crippen MR) is 89.0 cm³/mol. The standard InChI is InChI=1S/C17H22ClN3/c1-12(10-13-8-6-5-7-9-13)19-15-11-14(18)20-16(21-15)17(2,3)4/h5-9,11-12H,10H2,1-4H3,(H,19,20,21). The molecule has 0 bridgehead atoms. The molecule has 2 aromatic rings. The van der Waals surface area contributed by atoms with Gasteiger partial charge in [-0.15, -0.1) is 0 Å². The summed E-state index contributed by atoms with van der Waals surface area (Å²) < 4.78 is 0. The molecule has 0 aliphatic heterocycles. The van der Waals surface area contributed by atoms with Crippen molar-refractivity contribution in [1.29, 1.82) is 0 Å². The van der Waals surface area contributed by atoms with Crippen molar-refractivity contribution in [2.24, 2.45) is 0 Å². The molecule has 0 saturated carbocycles. The van der Waals surface area contributed by atoms with Crippen molar-refractivity contribution < 1.29 is 0 Å². The fraction of sp³-hybridized carbons (Fsp3) is 0.412. The molecule has 1 atom stereocenters. The lowest BCUT2D eigenvalue weighted by atomic mass is 9.96. The molecule has 1 N–H and O–H groups in total. The van der Waals surface area contributed by atoms with Gasteiger partial charge in [-0.05, 0) is 18.9 Å². The number of rotatable bonds is 4. The average Bonchev–Trinajstić information content (AvgIpc) is 2.37. The first-order valence-electron chi connectivity index (χ1n) is 7.20. The van der Waals surface area contributed by atoms with Gasteiger partial charge in [0.25, 0.3) is 0 Å². The molecule has 1 aromatic heterocycles. The van der Waals surface area contributed by atoms with Gasteiger partial charge >= 0.3 is 0 Å². The van der Waals surface area contributed by atoms with Crippen molar-refractivity contribution in [3.05, 3.63) is 52.9 Å². The van der Waals surface area contributed by atoms with Crippen LogP contribution in [0.5, 0.6) is 0 Å². The highest BCUT2D eigenvalue weighted by molar-refractivity contribution is 6.29. The minimum absolute atomic E-state index is 0.121. The normalized spacial score (nSPS) is 13.0. The summed E-state index contributed by atoms with van der Waals surface area (Å²) in [7, 11) is 0. The van der Waals surface area contributed by atoms with Gasteiger partial charge in [0.1, 0.15) is 16.8 Å². The van der Waals surface area contributed by atoms with E-state index in [2.05, 4.69) is 67.2 Å². The average molecular weight is 304 g/mol. The molecule has 0 fully saturated rings. The maximum absolute atomic E-state index is 6.11. The minimum Gasteiger partial charge on any atom is -0.367 e. The lowest BCUT2D eigenvalue weighted by Crippen LogP contribution is -2.22. The van der Waals surface area contributed by atoms with Crippen LogP contribution in [0.1, 0.15) is 39.1 Å². The quantitative estimate of drug-likeness (QED) is 0.847. The topological polar surface area (TPSA) is 37.8 Å². The van der Waals surface area contributed by atoms with Gasteiger partial charge in [0.15, 0.2) is 0 Å². The summed E-state index contributed by atoms with van der Waals surface area (Å²) in [5.41, 5.74) is 1.18. The second-order valence-electron chi connectivity index (χ2n) is 6.38. The molecular formula is C17H22ClN3. The Bertz CT molecular complexity index is 591. The van der Waals surface area contributed by atoms with Gasteiger partial charge in [-0.2, -0.15) is 0 Å². The van der Waals surface area contributed by atoms with E-state index < -0.39 is 0 Å². The van der Waals surface area contributed by atoms with Crippen LogP contribution in [0.4, 0.5) is 5.82 Å². The molecule has 21 heavy (non-hydrogen) atoms. The van der Waals surface area contributed by atoms with Crippen LogP contribution in [-0.2, 0) is 11.8 Å². The number of benzene rings is 1. The molecule has 0 radical (unpaired) electrons. The van der Waals surface area contributed by atoms with Gasteiger partial charge in [-0.1, -0.05) is 62.7 Å². The van der Waals surface area contributed by atoms with Gasteiger partial charge in [0, 0.05) is 17.5 Å². The van der Waals surface area contributed by atoms with Gasteiger partial charge in [0.2, 0.25) is 0 Å². The van der Waals surface area contributed by atoms with Crippen LogP contribution in [0, 0.1) is 0 Å². The van der Waals surface area contributed by atoms with E-state index in [1.807, 2.05) is 6.07 Å². The van der Waals surface area contributed by atoms with Crippen molar-refractivity contribution in [2.75, 3.05) is 5.32 Å². The minimum atomic E-state index is -0.121. The highest BCUT2D eigenvalue weighted by Gasteiger charge is 2.19. The molecule has 1 aromatic carbocycles. The fourth-order valence-electron chi connectivity index (χ4n) is 2.10. The maximum Gasteiger partial charge on any atom is 0.137 e. The molecule has 4 heteroatoms. The molecule has 1 unspecified atom stereocenters. The Balaban J connectivity index is 2.10. The molecule has 0 saturated heterocycles. The van der Waals surface area contributed by atoms with E-state index in [0.29, 0.717) is 5.15 Å². The van der Waals surface area contributed by atoms with Gasteiger partial charge in [0.05, 0.1) is 0 Å². The van der Waals surface area contributed by atoms with Crippen molar-refractivity contribution in [3.8, 4) is 0 Å². The van der Waals surface area contributed by atoms with Crippen LogP contribution < -0.4 is 5.32 Å². The Morgan fingerprint density at radius 2 is 1.81 bits per heavy atom. The SMILES string of the molecule is CC(Cc1ccccc1)Nc1cc(Cl)nc(C(C)(C)C)n1. The molecule has 0 spiro atoms. The fourth-order valence-corrected chi connectivity index (χ4v) is 2.28. The number of nitrogens with zero attached hydrogens (tertiary/aromatic N) is 2. The smallest absolute Gasteiger partial charge is 0.137 e. The summed E-state index contributed by atoms with van der Waals surface area (Å²) in [4.78, 5) is 8.89. The van der Waals surface area contributed by atoms with Gasteiger partial charge < -0.3 is 5.32 Å². The first-order chi connectivity index (χ1) is 9.84. The van der Waals surface area contributed by atoms with Gasteiger partial charge in [-0.25, -0.2) is 9.97 Å². The van der Waals surface area contributed by atoms with Gasteiger partial charge in [-0.3, -0.25) is 0 Å². The zero-order valence-corrected chi connectivity index (χ0v) is 13.8. The lowest BCUT2D eigenvalue weighted by molar-refractivity contribution is 0.545. The third-order valence-electron chi connectivity index (χ3n) is 3.14. The number of anilines is 1. The Hall–Kier alpha value is -1.61. The number of aromatic nitrogens is 2. The molecule has 0 aliphatic carbocycles. The summed E-state index contributed by atoms with van der Waals surface area (Å²) in [5.74, 6) is 1.53. The molecular weight excluding hydrogens is 282 g/mol. The van der Waals surface area contributed by atoms with Crippen LogP contribution in [0.2, 0.25) is 5.15 Å². The molecule has 0 amide bonds. The molecule has 0 aliphatic rings. The van der Waals surface area contributed by atoms with Crippen LogP contribution in [0.3, 0.4) is 0 Å². The third-order valence-corrected chi connectivity index (χ3v) is 3.34. The van der Waals surface area contributed by atoms with E-state index in [1.54, 1.807) is 6.07 Å². The van der Waals surface area contributed by atoms with E-state index in [9.17, 15) is 0 Å².